The third kappa shape index (κ3) is 3.53. The summed E-state index contributed by atoms with van der Waals surface area (Å²) in [5.41, 5.74) is 1.80. The molecule has 0 fully saturated rings. The number of amides is 1. The van der Waals surface area contributed by atoms with Crippen LogP contribution < -0.4 is 10.9 Å². The van der Waals surface area contributed by atoms with Gasteiger partial charge in [-0.2, -0.15) is 0 Å². The SMILES string of the molecule is CSc1ccccc1NC(=O)Cn1cnc2sc3c(c2c1=O)CC[C@H](C)C3. The average molecular weight is 400 g/mol. The van der Waals surface area contributed by atoms with Crippen LogP contribution in [0.1, 0.15) is 23.8 Å². The number of nitrogens with zero attached hydrogens (tertiary/aromatic N) is 2. The van der Waals surface area contributed by atoms with Crippen molar-refractivity contribution in [1.29, 1.82) is 0 Å². The fourth-order valence-corrected chi connectivity index (χ4v) is 5.47. The van der Waals surface area contributed by atoms with Crippen molar-refractivity contribution in [3.05, 3.63) is 51.4 Å². The van der Waals surface area contributed by atoms with Crippen molar-refractivity contribution in [1.82, 2.24) is 9.55 Å². The molecule has 1 aliphatic rings. The first-order chi connectivity index (χ1) is 13.1. The summed E-state index contributed by atoms with van der Waals surface area (Å²) in [7, 11) is 0. The Balaban J connectivity index is 1.62. The first-order valence-electron chi connectivity index (χ1n) is 8.99. The number of para-hydroxylation sites is 1. The van der Waals surface area contributed by atoms with E-state index >= 15 is 0 Å². The molecule has 1 amide bonds. The molecule has 140 valence electrons. The second-order valence-electron chi connectivity index (χ2n) is 6.96. The molecule has 0 unspecified atom stereocenters. The highest BCUT2D eigenvalue weighted by molar-refractivity contribution is 7.98. The topological polar surface area (TPSA) is 64.0 Å². The number of thioether (sulfide) groups is 1. The number of aryl methyl sites for hydroxylation is 1. The zero-order valence-corrected chi connectivity index (χ0v) is 17.0. The molecule has 1 aliphatic carbocycles. The fraction of sp³-hybridized carbons (Fsp3) is 0.350. The number of carbonyl (C=O) groups excluding carboxylic acids is 1. The summed E-state index contributed by atoms with van der Waals surface area (Å²) < 4.78 is 1.42. The van der Waals surface area contributed by atoms with E-state index in [1.165, 1.54) is 15.8 Å². The van der Waals surface area contributed by atoms with Crippen LogP contribution >= 0.6 is 23.1 Å². The number of fused-ring (bicyclic) bond motifs is 3. The van der Waals surface area contributed by atoms with E-state index in [0.29, 0.717) is 11.3 Å². The molecule has 0 aliphatic heterocycles. The number of nitrogens with one attached hydrogen (secondary N) is 1. The highest BCUT2D eigenvalue weighted by atomic mass is 32.2. The van der Waals surface area contributed by atoms with Gasteiger partial charge in [-0.15, -0.1) is 23.1 Å². The van der Waals surface area contributed by atoms with E-state index in [2.05, 4.69) is 17.2 Å². The highest BCUT2D eigenvalue weighted by Crippen LogP contribution is 2.35. The summed E-state index contributed by atoms with van der Waals surface area (Å²) in [5, 5.41) is 3.61. The molecule has 0 saturated heterocycles. The first kappa shape index (κ1) is 18.3. The highest BCUT2D eigenvalue weighted by Gasteiger charge is 2.23. The van der Waals surface area contributed by atoms with Gasteiger partial charge in [0, 0.05) is 9.77 Å². The van der Waals surface area contributed by atoms with Crippen LogP contribution in [-0.2, 0) is 24.2 Å². The third-order valence-electron chi connectivity index (χ3n) is 4.98. The Morgan fingerprint density at radius 2 is 2.22 bits per heavy atom. The Labute approximate surface area is 165 Å². The van der Waals surface area contributed by atoms with Crippen LogP contribution in [0.3, 0.4) is 0 Å². The summed E-state index contributed by atoms with van der Waals surface area (Å²) in [4.78, 5) is 33.0. The normalized spacial score (nSPS) is 16.3. The molecule has 1 atom stereocenters. The molecule has 27 heavy (non-hydrogen) atoms. The molecule has 2 heterocycles. The van der Waals surface area contributed by atoms with Crippen molar-refractivity contribution in [2.75, 3.05) is 11.6 Å². The number of aromatic nitrogens is 2. The maximum atomic E-state index is 13.0. The minimum Gasteiger partial charge on any atom is -0.324 e. The smallest absolute Gasteiger partial charge is 0.262 e. The molecule has 0 spiro atoms. The standard InChI is InChI=1S/C20H21N3O2S2/c1-12-7-8-13-16(9-12)27-19-18(13)20(25)23(11-21-19)10-17(24)22-14-5-3-4-6-15(14)26-2/h3-6,11-12H,7-10H2,1-2H3,(H,22,24)/t12-/m0/s1. The lowest BCUT2D eigenvalue weighted by molar-refractivity contribution is -0.116. The first-order valence-corrected chi connectivity index (χ1v) is 11.0. The molecule has 0 saturated carbocycles. The predicted molar refractivity (Wildman–Crippen MR) is 112 cm³/mol. The van der Waals surface area contributed by atoms with Gasteiger partial charge in [0.1, 0.15) is 11.4 Å². The van der Waals surface area contributed by atoms with Crippen molar-refractivity contribution in [2.24, 2.45) is 5.92 Å². The van der Waals surface area contributed by atoms with Crippen LogP contribution in [0.15, 0.2) is 40.3 Å². The number of rotatable bonds is 4. The molecule has 1 aromatic carbocycles. The van der Waals surface area contributed by atoms with Crippen molar-refractivity contribution in [2.45, 2.75) is 37.6 Å². The molecule has 7 heteroatoms. The van der Waals surface area contributed by atoms with E-state index in [4.69, 9.17) is 0 Å². The Bertz CT molecular complexity index is 1070. The lowest BCUT2D eigenvalue weighted by atomic mass is 9.89. The van der Waals surface area contributed by atoms with Gasteiger partial charge in [0.05, 0.1) is 17.4 Å². The van der Waals surface area contributed by atoms with Crippen molar-refractivity contribution >= 4 is 44.9 Å². The summed E-state index contributed by atoms with van der Waals surface area (Å²) in [6.07, 6.45) is 6.50. The van der Waals surface area contributed by atoms with Crippen molar-refractivity contribution < 1.29 is 4.79 Å². The van der Waals surface area contributed by atoms with Gasteiger partial charge < -0.3 is 5.32 Å². The van der Waals surface area contributed by atoms with Crippen molar-refractivity contribution in [3.8, 4) is 0 Å². The van der Waals surface area contributed by atoms with Gasteiger partial charge >= 0.3 is 0 Å². The lowest BCUT2D eigenvalue weighted by Crippen LogP contribution is -2.28. The van der Waals surface area contributed by atoms with E-state index < -0.39 is 0 Å². The Morgan fingerprint density at radius 1 is 1.41 bits per heavy atom. The number of hydrogen-bond acceptors (Lipinski definition) is 5. The number of hydrogen-bond donors (Lipinski definition) is 1. The Morgan fingerprint density at radius 3 is 3.04 bits per heavy atom. The van der Waals surface area contributed by atoms with Crippen LogP contribution in [0.25, 0.3) is 10.2 Å². The van der Waals surface area contributed by atoms with Crippen molar-refractivity contribution in [3.63, 3.8) is 0 Å². The van der Waals surface area contributed by atoms with Gasteiger partial charge in [-0.25, -0.2) is 4.98 Å². The van der Waals surface area contributed by atoms with Crippen LogP contribution in [0.5, 0.6) is 0 Å². The minimum atomic E-state index is -0.225. The maximum Gasteiger partial charge on any atom is 0.262 e. The summed E-state index contributed by atoms with van der Waals surface area (Å²) in [6, 6.07) is 7.64. The molecule has 3 aromatic rings. The van der Waals surface area contributed by atoms with Crippen LogP contribution in [0, 0.1) is 5.92 Å². The molecule has 4 rings (SSSR count). The molecule has 0 radical (unpaired) electrons. The van der Waals surface area contributed by atoms with Gasteiger partial charge in [0.2, 0.25) is 5.91 Å². The van der Waals surface area contributed by atoms with Gasteiger partial charge in [0.15, 0.2) is 0 Å². The zero-order valence-electron chi connectivity index (χ0n) is 15.3. The van der Waals surface area contributed by atoms with Gasteiger partial charge in [-0.3, -0.25) is 14.2 Å². The molecule has 2 aromatic heterocycles. The second kappa shape index (κ2) is 7.48. The predicted octanol–water partition coefficient (Wildman–Crippen LogP) is 3.94. The monoisotopic (exact) mass is 399 g/mol. The third-order valence-corrected chi connectivity index (χ3v) is 6.94. The number of carbonyl (C=O) groups is 1. The van der Waals surface area contributed by atoms with Crippen LogP contribution in [-0.4, -0.2) is 21.7 Å². The van der Waals surface area contributed by atoms with Crippen LogP contribution in [0.2, 0.25) is 0 Å². The van der Waals surface area contributed by atoms with Gasteiger partial charge in [-0.1, -0.05) is 19.1 Å². The van der Waals surface area contributed by atoms with E-state index in [9.17, 15) is 9.59 Å². The maximum absolute atomic E-state index is 13.0. The second-order valence-corrected chi connectivity index (χ2v) is 8.89. The van der Waals surface area contributed by atoms with Gasteiger partial charge in [0.25, 0.3) is 5.56 Å². The van der Waals surface area contributed by atoms with E-state index in [0.717, 1.165) is 40.2 Å². The average Bonchev–Trinajstić information content (AvgIpc) is 3.02. The molecule has 5 nitrogen and oxygen atoms in total. The van der Waals surface area contributed by atoms with E-state index in [1.54, 1.807) is 23.1 Å². The summed E-state index contributed by atoms with van der Waals surface area (Å²) in [5.74, 6) is 0.424. The molecule has 0 bridgehead atoms. The number of thiophene rings is 1. The number of benzene rings is 1. The lowest BCUT2D eigenvalue weighted by Gasteiger charge is -2.17. The van der Waals surface area contributed by atoms with E-state index in [1.807, 2.05) is 30.5 Å². The Hall–Kier alpha value is -2.12. The fourth-order valence-electron chi connectivity index (χ4n) is 3.57. The quantitative estimate of drug-likeness (QED) is 0.675. The van der Waals surface area contributed by atoms with Crippen LogP contribution in [0.4, 0.5) is 5.69 Å². The molecular weight excluding hydrogens is 378 g/mol. The molecule has 1 N–H and O–H groups in total. The Kier molecular flexibility index (Phi) is 5.06. The zero-order chi connectivity index (χ0) is 19.0. The number of anilines is 1. The molecular formula is C20H21N3O2S2. The summed E-state index contributed by atoms with van der Waals surface area (Å²) in [6.45, 7) is 2.21. The summed E-state index contributed by atoms with van der Waals surface area (Å²) >= 11 is 3.20. The van der Waals surface area contributed by atoms with Gasteiger partial charge in [-0.05, 0) is 49.1 Å². The van der Waals surface area contributed by atoms with E-state index in [-0.39, 0.29) is 18.0 Å². The minimum absolute atomic E-state index is 0.0362. The largest absolute Gasteiger partial charge is 0.324 e.